The summed E-state index contributed by atoms with van der Waals surface area (Å²) in [6.45, 7) is 8.66. The van der Waals surface area contributed by atoms with Gasteiger partial charge in [0.1, 0.15) is 0 Å². The molecule has 0 aliphatic carbocycles. The van der Waals surface area contributed by atoms with E-state index in [4.69, 9.17) is 15.2 Å². The molecule has 0 radical (unpaired) electrons. The Bertz CT molecular complexity index is 165. The number of methoxy groups -OCH3 is 2. The minimum atomic E-state index is 0.117. The highest BCUT2D eigenvalue weighted by Crippen LogP contribution is 2.23. The molecule has 0 aromatic heterocycles. The smallest absolute Gasteiger partial charge is 0.0589 e. The maximum atomic E-state index is 5.99. The van der Waals surface area contributed by atoms with Crippen LogP contribution in [0.25, 0.3) is 0 Å². The minimum absolute atomic E-state index is 0.117. The Labute approximate surface area is 106 Å². The quantitative estimate of drug-likeness (QED) is 0.561. The third-order valence-electron chi connectivity index (χ3n) is 3.71. The van der Waals surface area contributed by atoms with Crippen LogP contribution in [0, 0.1) is 0 Å². The van der Waals surface area contributed by atoms with Gasteiger partial charge in [-0.15, -0.1) is 0 Å². The summed E-state index contributed by atoms with van der Waals surface area (Å²) in [5, 5.41) is 0. The van der Waals surface area contributed by atoms with Crippen molar-refractivity contribution in [3.05, 3.63) is 0 Å². The molecule has 17 heavy (non-hydrogen) atoms. The van der Waals surface area contributed by atoms with Crippen LogP contribution in [0.4, 0.5) is 0 Å². The van der Waals surface area contributed by atoms with Crippen LogP contribution in [0.2, 0.25) is 0 Å². The van der Waals surface area contributed by atoms with Crippen LogP contribution in [0.1, 0.15) is 33.1 Å². The average molecular weight is 246 g/mol. The lowest BCUT2D eigenvalue weighted by Crippen LogP contribution is -2.54. The van der Waals surface area contributed by atoms with Crippen LogP contribution < -0.4 is 5.73 Å². The molecule has 0 spiro atoms. The van der Waals surface area contributed by atoms with E-state index < -0.39 is 0 Å². The van der Waals surface area contributed by atoms with Gasteiger partial charge in [0.25, 0.3) is 0 Å². The standard InChI is InChI=1S/C13H30N2O2/c1-5-13(6-2,12-14)15(9-11-17-4)8-7-10-16-3/h5-12,14H2,1-4H3. The zero-order chi connectivity index (χ0) is 13.1. The van der Waals surface area contributed by atoms with Gasteiger partial charge in [0, 0.05) is 46.0 Å². The Morgan fingerprint density at radius 1 is 1.00 bits per heavy atom. The van der Waals surface area contributed by atoms with Crippen molar-refractivity contribution >= 4 is 0 Å². The predicted molar refractivity (Wildman–Crippen MR) is 72.3 cm³/mol. The van der Waals surface area contributed by atoms with Gasteiger partial charge in [0.2, 0.25) is 0 Å². The van der Waals surface area contributed by atoms with Crippen molar-refractivity contribution in [2.45, 2.75) is 38.6 Å². The summed E-state index contributed by atoms with van der Waals surface area (Å²) >= 11 is 0. The molecular formula is C13H30N2O2. The summed E-state index contributed by atoms with van der Waals surface area (Å²) in [7, 11) is 3.49. The Kier molecular flexibility index (Phi) is 9.74. The molecule has 0 aromatic rings. The van der Waals surface area contributed by atoms with Crippen molar-refractivity contribution in [3.63, 3.8) is 0 Å². The molecule has 2 N–H and O–H groups in total. The zero-order valence-corrected chi connectivity index (χ0v) is 12.0. The molecule has 0 aliphatic heterocycles. The maximum absolute atomic E-state index is 5.99. The van der Waals surface area contributed by atoms with Gasteiger partial charge in [-0.05, 0) is 19.3 Å². The van der Waals surface area contributed by atoms with Gasteiger partial charge in [-0.1, -0.05) is 13.8 Å². The van der Waals surface area contributed by atoms with Crippen LogP contribution in [0.15, 0.2) is 0 Å². The molecule has 0 saturated heterocycles. The van der Waals surface area contributed by atoms with E-state index in [0.717, 1.165) is 45.6 Å². The molecule has 0 atom stereocenters. The predicted octanol–water partition coefficient (Wildman–Crippen LogP) is 1.49. The number of nitrogens with zero attached hydrogens (tertiary/aromatic N) is 1. The van der Waals surface area contributed by atoms with E-state index in [-0.39, 0.29) is 5.54 Å². The lowest BCUT2D eigenvalue weighted by Gasteiger charge is -2.42. The van der Waals surface area contributed by atoms with Crippen LogP contribution in [-0.4, -0.2) is 57.5 Å². The SMILES string of the molecule is CCC(CC)(CN)N(CCCOC)CCOC. The van der Waals surface area contributed by atoms with Gasteiger partial charge in [0.05, 0.1) is 6.61 Å². The second-order valence-corrected chi connectivity index (χ2v) is 4.46. The van der Waals surface area contributed by atoms with Crippen molar-refractivity contribution in [2.75, 3.05) is 47.1 Å². The van der Waals surface area contributed by atoms with Crippen molar-refractivity contribution < 1.29 is 9.47 Å². The van der Waals surface area contributed by atoms with E-state index in [2.05, 4.69) is 18.7 Å². The Morgan fingerprint density at radius 3 is 2.00 bits per heavy atom. The van der Waals surface area contributed by atoms with Gasteiger partial charge >= 0.3 is 0 Å². The fourth-order valence-electron chi connectivity index (χ4n) is 2.30. The van der Waals surface area contributed by atoms with E-state index in [1.54, 1.807) is 14.2 Å². The first kappa shape index (κ1) is 16.8. The molecule has 0 aliphatic rings. The van der Waals surface area contributed by atoms with Crippen molar-refractivity contribution in [3.8, 4) is 0 Å². The number of nitrogens with two attached hydrogens (primary N) is 1. The number of ether oxygens (including phenoxy) is 2. The first-order valence-corrected chi connectivity index (χ1v) is 6.63. The summed E-state index contributed by atoms with van der Waals surface area (Å²) in [5.74, 6) is 0. The normalized spacial score (nSPS) is 12.4. The summed E-state index contributed by atoms with van der Waals surface area (Å²) in [6.07, 6.45) is 3.20. The monoisotopic (exact) mass is 246 g/mol. The van der Waals surface area contributed by atoms with Gasteiger partial charge in [0.15, 0.2) is 0 Å². The molecule has 0 heterocycles. The van der Waals surface area contributed by atoms with Crippen LogP contribution in [0.5, 0.6) is 0 Å². The minimum Gasteiger partial charge on any atom is -0.385 e. The number of rotatable bonds is 11. The third kappa shape index (κ3) is 5.34. The molecule has 4 nitrogen and oxygen atoms in total. The molecule has 4 heteroatoms. The molecule has 0 fully saturated rings. The molecule has 0 unspecified atom stereocenters. The molecular weight excluding hydrogens is 216 g/mol. The molecule has 0 saturated carbocycles. The summed E-state index contributed by atoms with van der Waals surface area (Å²) in [4.78, 5) is 2.47. The topological polar surface area (TPSA) is 47.7 Å². The molecule has 0 bridgehead atoms. The van der Waals surface area contributed by atoms with Crippen molar-refractivity contribution in [1.29, 1.82) is 0 Å². The average Bonchev–Trinajstić information content (AvgIpc) is 2.37. The second kappa shape index (κ2) is 9.83. The van der Waals surface area contributed by atoms with Crippen molar-refractivity contribution in [1.82, 2.24) is 4.90 Å². The Hall–Kier alpha value is -0.160. The van der Waals surface area contributed by atoms with Gasteiger partial charge < -0.3 is 15.2 Å². The highest BCUT2D eigenvalue weighted by molar-refractivity contribution is 4.89. The highest BCUT2D eigenvalue weighted by atomic mass is 16.5. The number of hydrogen-bond acceptors (Lipinski definition) is 4. The number of hydrogen-bond donors (Lipinski definition) is 1. The van der Waals surface area contributed by atoms with E-state index >= 15 is 0 Å². The fourth-order valence-corrected chi connectivity index (χ4v) is 2.30. The summed E-state index contributed by atoms with van der Waals surface area (Å²) in [5.41, 5.74) is 6.11. The largest absolute Gasteiger partial charge is 0.385 e. The first-order chi connectivity index (χ1) is 8.20. The van der Waals surface area contributed by atoms with Crippen LogP contribution in [0.3, 0.4) is 0 Å². The molecule has 104 valence electrons. The fraction of sp³-hybridized carbons (Fsp3) is 1.00. The van der Waals surface area contributed by atoms with E-state index in [0.29, 0.717) is 6.54 Å². The van der Waals surface area contributed by atoms with Crippen LogP contribution >= 0.6 is 0 Å². The zero-order valence-electron chi connectivity index (χ0n) is 12.0. The van der Waals surface area contributed by atoms with Gasteiger partial charge in [-0.25, -0.2) is 0 Å². The van der Waals surface area contributed by atoms with Gasteiger partial charge in [-0.2, -0.15) is 0 Å². The van der Waals surface area contributed by atoms with E-state index in [9.17, 15) is 0 Å². The third-order valence-corrected chi connectivity index (χ3v) is 3.71. The molecule has 0 amide bonds. The maximum Gasteiger partial charge on any atom is 0.0589 e. The summed E-state index contributed by atoms with van der Waals surface area (Å²) in [6, 6.07) is 0. The van der Waals surface area contributed by atoms with Crippen LogP contribution in [-0.2, 0) is 9.47 Å². The first-order valence-electron chi connectivity index (χ1n) is 6.63. The van der Waals surface area contributed by atoms with Crippen molar-refractivity contribution in [2.24, 2.45) is 5.73 Å². The molecule has 0 aromatic carbocycles. The van der Waals surface area contributed by atoms with Gasteiger partial charge in [-0.3, -0.25) is 4.90 Å². The lowest BCUT2D eigenvalue weighted by molar-refractivity contribution is 0.0457. The second-order valence-electron chi connectivity index (χ2n) is 4.46. The Morgan fingerprint density at radius 2 is 1.59 bits per heavy atom. The summed E-state index contributed by atoms with van der Waals surface area (Å²) < 4.78 is 10.3. The molecule has 0 rings (SSSR count). The van der Waals surface area contributed by atoms with E-state index in [1.165, 1.54) is 0 Å². The van der Waals surface area contributed by atoms with E-state index in [1.807, 2.05) is 0 Å². The Balaban J connectivity index is 4.48. The lowest BCUT2D eigenvalue weighted by atomic mass is 9.90. The highest BCUT2D eigenvalue weighted by Gasteiger charge is 2.31.